The van der Waals surface area contributed by atoms with Crippen molar-refractivity contribution in [1.82, 2.24) is 39.1 Å². The topological polar surface area (TPSA) is 88.0 Å². The Morgan fingerprint density at radius 3 is 2.38 bits per heavy atom. The number of ether oxygens (including phenoxy) is 1. The van der Waals surface area contributed by atoms with Gasteiger partial charge < -0.3 is 4.74 Å². The summed E-state index contributed by atoms with van der Waals surface area (Å²) >= 11 is 0. The first-order chi connectivity index (χ1) is 18.0. The van der Waals surface area contributed by atoms with Crippen molar-refractivity contribution < 1.29 is 4.74 Å². The highest BCUT2D eigenvalue weighted by Gasteiger charge is 2.20. The predicted molar refractivity (Wildman–Crippen MR) is 140 cm³/mol. The van der Waals surface area contributed by atoms with Crippen molar-refractivity contribution in [1.29, 1.82) is 0 Å². The van der Waals surface area contributed by atoms with Gasteiger partial charge in [0.25, 0.3) is 5.95 Å². The molecule has 0 aliphatic rings. The minimum Gasteiger partial charge on any atom is -0.486 e. The minimum absolute atomic E-state index is 0.201. The maximum atomic E-state index is 6.00. The van der Waals surface area contributed by atoms with Gasteiger partial charge in [0, 0.05) is 12.4 Å². The summed E-state index contributed by atoms with van der Waals surface area (Å²) in [7, 11) is 0. The van der Waals surface area contributed by atoms with Crippen molar-refractivity contribution >= 4 is 5.65 Å². The third-order valence-corrected chi connectivity index (χ3v) is 6.10. The normalized spacial score (nSPS) is 11.5. The molecule has 4 aromatic heterocycles. The summed E-state index contributed by atoms with van der Waals surface area (Å²) in [5.41, 5.74) is 4.78. The second-order valence-electron chi connectivity index (χ2n) is 9.17. The smallest absolute Gasteiger partial charge is 0.272 e. The maximum Gasteiger partial charge on any atom is 0.272 e. The van der Waals surface area contributed by atoms with Crippen molar-refractivity contribution in [2.75, 3.05) is 0 Å². The fourth-order valence-electron chi connectivity index (χ4n) is 4.01. The summed E-state index contributed by atoms with van der Waals surface area (Å²) in [6.45, 7) is 6.60. The Balaban J connectivity index is 1.35. The fourth-order valence-corrected chi connectivity index (χ4v) is 4.01. The van der Waals surface area contributed by atoms with E-state index in [0.717, 1.165) is 11.4 Å². The van der Waals surface area contributed by atoms with Crippen LogP contribution < -0.4 is 4.74 Å². The predicted octanol–water partition coefficient (Wildman–Crippen LogP) is 5.17. The standard InChI is InChI=1S/C28H26N8O/c1-19(2)21-9-13-23(14-10-21)37-18-25-29-27(24-15-17-34(31-24)22-11-7-20(3)8-12-22)36(32-25)28-30-26-6-4-5-16-35(26)33-28/h4-17,19H,18H2,1-3H3. The molecular weight excluding hydrogens is 464 g/mol. The van der Waals surface area contributed by atoms with E-state index in [1.807, 2.05) is 65.6 Å². The van der Waals surface area contributed by atoms with E-state index in [9.17, 15) is 0 Å². The molecule has 184 valence electrons. The summed E-state index contributed by atoms with van der Waals surface area (Å²) in [4.78, 5) is 9.41. The van der Waals surface area contributed by atoms with E-state index in [1.54, 1.807) is 9.20 Å². The lowest BCUT2D eigenvalue weighted by atomic mass is 10.0. The van der Waals surface area contributed by atoms with E-state index in [0.29, 0.717) is 34.9 Å². The van der Waals surface area contributed by atoms with Gasteiger partial charge in [-0.25, -0.2) is 14.2 Å². The molecule has 6 aromatic rings. The number of fused-ring (bicyclic) bond motifs is 1. The van der Waals surface area contributed by atoms with Crippen LogP contribution in [-0.4, -0.2) is 39.1 Å². The lowest BCUT2D eigenvalue weighted by molar-refractivity contribution is 0.295. The average Bonchev–Trinajstić information content (AvgIpc) is 3.66. The van der Waals surface area contributed by atoms with E-state index in [-0.39, 0.29) is 6.61 Å². The van der Waals surface area contributed by atoms with Crippen LogP contribution in [0.3, 0.4) is 0 Å². The Labute approximate surface area is 214 Å². The van der Waals surface area contributed by atoms with Crippen LogP contribution in [0.5, 0.6) is 5.75 Å². The molecule has 0 aliphatic heterocycles. The molecule has 0 atom stereocenters. The molecule has 0 unspecified atom stereocenters. The van der Waals surface area contributed by atoms with Crippen molar-refractivity contribution in [3.63, 3.8) is 0 Å². The van der Waals surface area contributed by atoms with Crippen molar-refractivity contribution in [3.8, 4) is 28.9 Å². The summed E-state index contributed by atoms with van der Waals surface area (Å²) in [6, 6.07) is 23.9. The number of aryl methyl sites for hydroxylation is 1. The Hall–Kier alpha value is -4.79. The molecule has 0 fully saturated rings. The Kier molecular flexibility index (Phi) is 5.72. The van der Waals surface area contributed by atoms with Crippen LogP contribution in [-0.2, 0) is 6.61 Å². The van der Waals surface area contributed by atoms with Crippen LogP contribution in [0, 0.1) is 6.92 Å². The molecule has 9 nitrogen and oxygen atoms in total. The van der Waals surface area contributed by atoms with Crippen molar-refractivity contribution in [2.45, 2.75) is 33.3 Å². The molecule has 4 heterocycles. The van der Waals surface area contributed by atoms with E-state index in [2.05, 4.69) is 55.1 Å². The van der Waals surface area contributed by atoms with Gasteiger partial charge >= 0.3 is 0 Å². The van der Waals surface area contributed by atoms with Gasteiger partial charge in [-0.05, 0) is 60.9 Å². The van der Waals surface area contributed by atoms with Gasteiger partial charge in [-0.3, -0.25) is 0 Å². The molecule has 0 saturated carbocycles. The monoisotopic (exact) mass is 490 g/mol. The number of nitrogens with zero attached hydrogens (tertiary/aromatic N) is 8. The minimum atomic E-state index is 0.201. The second kappa shape index (κ2) is 9.34. The fraction of sp³-hybridized carbons (Fsp3) is 0.179. The summed E-state index contributed by atoms with van der Waals surface area (Å²) in [5, 5.41) is 14.1. The molecule has 0 bridgehead atoms. The van der Waals surface area contributed by atoms with Crippen LogP contribution in [0.15, 0.2) is 85.2 Å². The SMILES string of the molecule is Cc1ccc(-n2ccc(-c3nc(COc4ccc(C(C)C)cc4)nn3-c3nc4ccccn4n3)n2)cc1. The van der Waals surface area contributed by atoms with E-state index in [4.69, 9.17) is 19.9 Å². The summed E-state index contributed by atoms with van der Waals surface area (Å²) < 4.78 is 11.1. The third-order valence-electron chi connectivity index (χ3n) is 6.10. The summed E-state index contributed by atoms with van der Waals surface area (Å²) in [5.74, 6) is 2.68. The van der Waals surface area contributed by atoms with Gasteiger partial charge in [-0.2, -0.15) is 14.8 Å². The molecule has 2 aromatic carbocycles. The lowest BCUT2D eigenvalue weighted by Crippen LogP contribution is -2.04. The zero-order valence-electron chi connectivity index (χ0n) is 20.9. The van der Waals surface area contributed by atoms with Gasteiger partial charge in [-0.15, -0.1) is 10.2 Å². The van der Waals surface area contributed by atoms with Gasteiger partial charge in [-0.1, -0.05) is 49.7 Å². The van der Waals surface area contributed by atoms with E-state index < -0.39 is 0 Å². The van der Waals surface area contributed by atoms with Gasteiger partial charge in [0.1, 0.15) is 18.1 Å². The molecule has 6 rings (SSSR count). The molecule has 0 radical (unpaired) electrons. The lowest BCUT2D eigenvalue weighted by Gasteiger charge is -2.07. The summed E-state index contributed by atoms with van der Waals surface area (Å²) in [6.07, 6.45) is 3.75. The quantitative estimate of drug-likeness (QED) is 0.307. The highest BCUT2D eigenvalue weighted by atomic mass is 16.5. The third kappa shape index (κ3) is 4.58. The van der Waals surface area contributed by atoms with E-state index >= 15 is 0 Å². The number of aromatic nitrogens is 8. The second-order valence-corrected chi connectivity index (χ2v) is 9.17. The first-order valence-corrected chi connectivity index (χ1v) is 12.2. The zero-order valence-corrected chi connectivity index (χ0v) is 20.9. The first-order valence-electron chi connectivity index (χ1n) is 12.2. The molecule has 37 heavy (non-hydrogen) atoms. The van der Waals surface area contributed by atoms with Crippen LogP contribution >= 0.6 is 0 Å². The van der Waals surface area contributed by atoms with Crippen molar-refractivity contribution in [3.05, 3.63) is 102 Å². The Morgan fingerprint density at radius 1 is 0.811 bits per heavy atom. The number of pyridine rings is 1. The zero-order chi connectivity index (χ0) is 25.4. The molecule has 9 heteroatoms. The number of benzene rings is 2. The largest absolute Gasteiger partial charge is 0.486 e. The molecule has 0 spiro atoms. The van der Waals surface area contributed by atoms with Crippen LogP contribution in [0.2, 0.25) is 0 Å². The van der Waals surface area contributed by atoms with Gasteiger partial charge in [0.15, 0.2) is 17.3 Å². The van der Waals surface area contributed by atoms with Crippen molar-refractivity contribution in [2.24, 2.45) is 0 Å². The molecule has 0 N–H and O–H groups in total. The van der Waals surface area contributed by atoms with E-state index in [1.165, 1.54) is 11.1 Å². The first kappa shape index (κ1) is 22.7. The van der Waals surface area contributed by atoms with Gasteiger partial charge in [0.05, 0.1) is 5.69 Å². The molecule has 0 amide bonds. The number of hydrogen-bond donors (Lipinski definition) is 0. The van der Waals surface area contributed by atoms with Gasteiger partial charge in [0.2, 0.25) is 0 Å². The number of hydrogen-bond acceptors (Lipinski definition) is 6. The highest BCUT2D eigenvalue weighted by molar-refractivity contribution is 5.53. The van der Waals surface area contributed by atoms with Crippen LogP contribution in [0.1, 0.15) is 36.7 Å². The Morgan fingerprint density at radius 2 is 1.62 bits per heavy atom. The van der Waals surface area contributed by atoms with Crippen LogP contribution in [0.25, 0.3) is 28.8 Å². The molecule has 0 aliphatic carbocycles. The Bertz CT molecular complexity index is 1630. The molecular formula is C28H26N8O. The molecule has 0 saturated heterocycles. The van der Waals surface area contributed by atoms with Crippen LogP contribution in [0.4, 0.5) is 0 Å². The maximum absolute atomic E-state index is 6.00. The number of rotatable bonds is 7. The average molecular weight is 491 g/mol. The highest BCUT2D eigenvalue weighted by Crippen LogP contribution is 2.22.